The normalized spacial score (nSPS) is 16.7. The largest absolute Gasteiger partial charge is 0.326 e. The summed E-state index contributed by atoms with van der Waals surface area (Å²) in [5.74, 6) is 0. The minimum absolute atomic E-state index is 0.514. The summed E-state index contributed by atoms with van der Waals surface area (Å²) in [6.45, 7) is 7.19. The van der Waals surface area contributed by atoms with Gasteiger partial charge in [0.25, 0.3) is 0 Å². The maximum absolute atomic E-state index is 5.76. The van der Waals surface area contributed by atoms with Gasteiger partial charge in [0.1, 0.15) is 0 Å². The second-order valence-electron chi connectivity index (χ2n) is 3.26. The molecule has 15 heavy (non-hydrogen) atoms. The van der Waals surface area contributed by atoms with Crippen LogP contribution >= 0.6 is 29.2 Å². The van der Waals surface area contributed by atoms with Crippen LogP contribution in [-0.2, 0) is 16.3 Å². The second-order valence-corrected chi connectivity index (χ2v) is 10.4. The van der Waals surface area contributed by atoms with Gasteiger partial charge in [0.2, 0.25) is 5.62 Å². The molecule has 0 bridgehead atoms. The highest BCUT2D eigenvalue weighted by Gasteiger charge is 2.19. The molecule has 0 aromatic heterocycles. The van der Waals surface area contributed by atoms with Crippen molar-refractivity contribution in [3.63, 3.8) is 0 Å². The SMILES string of the molecule is CCCCOP(=S)(NC=S)SC(C)CC. The summed E-state index contributed by atoms with van der Waals surface area (Å²) in [6, 6.07) is 0. The van der Waals surface area contributed by atoms with Crippen molar-refractivity contribution < 1.29 is 4.52 Å². The highest BCUT2D eigenvalue weighted by Crippen LogP contribution is 2.58. The van der Waals surface area contributed by atoms with Gasteiger partial charge in [-0.3, -0.25) is 0 Å². The monoisotopic (exact) mass is 285 g/mol. The summed E-state index contributed by atoms with van der Waals surface area (Å²) in [5, 5.41) is 3.55. The Morgan fingerprint density at radius 3 is 2.67 bits per heavy atom. The zero-order valence-electron chi connectivity index (χ0n) is 9.56. The molecule has 2 unspecified atom stereocenters. The van der Waals surface area contributed by atoms with Crippen LogP contribution in [0.15, 0.2) is 0 Å². The lowest BCUT2D eigenvalue weighted by Crippen LogP contribution is -2.09. The Morgan fingerprint density at radius 1 is 1.53 bits per heavy atom. The van der Waals surface area contributed by atoms with E-state index in [9.17, 15) is 0 Å². The molecule has 90 valence electrons. The number of rotatable bonds is 9. The van der Waals surface area contributed by atoms with Crippen molar-refractivity contribution in [2.24, 2.45) is 0 Å². The lowest BCUT2D eigenvalue weighted by Gasteiger charge is -2.23. The van der Waals surface area contributed by atoms with Gasteiger partial charge >= 0.3 is 0 Å². The van der Waals surface area contributed by atoms with Gasteiger partial charge in [-0.15, -0.1) is 0 Å². The molecule has 0 fully saturated rings. The average Bonchev–Trinajstić information content (AvgIpc) is 2.18. The van der Waals surface area contributed by atoms with Crippen LogP contribution in [0.3, 0.4) is 0 Å². The molecule has 0 saturated carbocycles. The van der Waals surface area contributed by atoms with Crippen molar-refractivity contribution in [3.8, 4) is 0 Å². The highest BCUT2D eigenvalue weighted by atomic mass is 32.9. The molecular weight excluding hydrogens is 265 g/mol. The predicted octanol–water partition coefficient (Wildman–Crippen LogP) is 4.11. The molecule has 0 aliphatic carbocycles. The van der Waals surface area contributed by atoms with E-state index in [0.717, 1.165) is 25.9 Å². The zero-order chi connectivity index (χ0) is 11.7. The van der Waals surface area contributed by atoms with E-state index >= 15 is 0 Å². The summed E-state index contributed by atoms with van der Waals surface area (Å²) in [7, 11) is 0. The molecule has 6 heteroatoms. The Labute approximate surface area is 108 Å². The molecule has 0 amide bonds. The van der Waals surface area contributed by atoms with Crippen molar-refractivity contribution in [2.45, 2.75) is 45.3 Å². The molecule has 0 aliphatic rings. The van der Waals surface area contributed by atoms with Gasteiger partial charge in [-0.05, 0) is 24.6 Å². The van der Waals surface area contributed by atoms with Gasteiger partial charge in [-0.2, -0.15) is 0 Å². The van der Waals surface area contributed by atoms with E-state index in [2.05, 4.69) is 25.9 Å². The van der Waals surface area contributed by atoms with E-state index in [4.69, 9.17) is 28.5 Å². The minimum atomic E-state index is -1.98. The van der Waals surface area contributed by atoms with Crippen LogP contribution in [0.5, 0.6) is 0 Å². The Kier molecular flexibility index (Phi) is 9.45. The first-order chi connectivity index (χ1) is 7.08. The first-order valence-electron chi connectivity index (χ1n) is 5.22. The lowest BCUT2D eigenvalue weighted by atomic mass is 10.4. The predicted molar refractivity (Wildman–Crippen MR) is 79.3 cm³/mol. The molecule has 0 aromatic carbocycles. The van der Waals surface area contributed by atoms with E-state index in [0.29, 0.717) is 5.25 Å². The quantitative estimate of drug-likeness (QED) is 0.390. The Hall–Kier alpha value is 0.850. The molecule has 0 aromatic rings. The molecule has 0 saturated heterocycles. The fourth-order valence-electron chi connectivity index (χ4n) is 0.803. The van der Waals surface area contributed by atoms with Crippen LogP contribution in [0.25, 0.3) is 0 Å². The molecule has 0 rings (SSSR count). The van der Waals surface area contributed by atoms with Crippen molar-refractivity contribution in [3.05, 3.63) is 0 Å². The molecule has 0 radical (unpaired) electrons. The van der Waals surface area contributed by atoms with E-state index in [1.807, 2.05) is 0 Å². The van der Waals surface area contributed by atoms with Crippen LogP contribution in [0.4, 0.5) is 0 Å². The summed E-state index contributed by atoms with van der Waals surface area (Å²) in [4.78, 5) is 0. The highest BCUT2D eigenvalue weighted by molar-refractivity contribution is 8.69. The summed E-state index contributed by atoms with van der Waals surface area (Å²) >= 11 is 12.0. The number of hydrogen-bond donors (Lipinski definition) is 1. The van der Waals surface area contributed by atoms with Gasteiger partial charge in [0.05, 0.1) is 12.1 Å². The summed E-state index contributed by atoms with van der Waals surface area (Å²) < 4.78 is 5.76. The average molecular weight is 285 g/mol. The van der Waals surface area contributed by atoms with Crippen molar-refractivity contribution >= 4 is 46.5 Å². The van der Waals surface area contributed by atoms with E-state index < -0.39 is 5.62 Å². The molecular formula is C9H20NOPS3. The van der Waals surface area contributed by atoms with Crippen LogP contribution < -0.4 is 5.09 Å². The summed E-state index contributed by atoms with van der Waals surface area (Å²) in [5.41, 5.74) is -0.493. The fraction of sp³-hybridized carbons (Fsp3) is 0.889. The number of hydrogen-bond acceptors (Lipinski definition) is 4. The molecule has 2 atom stereocenters. The third-order valence-electron chi connectivity index (χ3n) is 1.86. The third-order valence-corrected chi connectivity index (χ3v) is 8.05. The fourth-order valence-corrected chi connectivity index (χ4v) is 7.29. The number of nitrogens with one attached hydrogen (secondary N) is 1. The topological polar surface area (TPSA) is 21.3 Å². The van der Waals surface area contributed by atoms with E-state index in [1.165, 1.54) is 5.49 Å². The van der Waals surface area contributed by atoms with E-state index in [1.54, 1.807) is 11.4 Å². The molecule has 0 spiro atoms. The first kappa shape index (κ1) is 15.9. The number of thiocarbonyl (C=S) groups is 1. The van der Waals surface area contributed by atoms with Crippen LogP contribution in [0.1, 0.15) is 40.0 Å². The molecule has 2 nitrogen and oxygen atoms in total. The summed E-state index contributed by atoms with van der Waals surface area (Å²) in [6.07, 6.45) is 3.28. The maximum atomic E-state index is 5.76. The van der Waals surface area contributed by atoms with Crippen molar-refractivity contribution in [1.82, 2.24) is 5.09 Å². The zero-order valence-corrected chi connectivity index (χ0v) is 12.9. The van der Waals surface area contributed by atoms with E-state index in [-0.39, 0.29) is 0 Å². The Bertz CT molecular complexity index is 225. The van der Waals surface area contributed by atoms with Crippen molar-refractivity contribution in [1.29, 1.82) is 0 Å². The third kappa shape index (κ3) is 7.70. The minimum Gasteiger partial charge on any atom is -0.326 e. The van der Waals surface area contributed by atoms with Crippen LogP contribution in [0, 0.1) is 0 Å². The van der Waals surface area contributed by atoms with Crippen molar-refractivity contribution in [2.75, 3.05) is 6.61 Å². The second kappa shape index (κ2) is 8.94. The molecule has 1 N–H and O–H groups in total. The molecule has 0 aliphatic heterocycles. The number of unbranched alkanes of at least 4 members (excludes halogenated alkanes) is 1. The van der Waals surface area contributed by atoms with Gasteiger partial charge in [-0.1, -0.05) is 50.8 Å². The van der Waals surface area contributed by atoms with Crippen LogP contribution in [-0.4, -0.2) is 17.3 Å². The van der Waals surface area contributed by atoms with Gasteiger partial charge in [0, 0.05) is 5.25 Å². The van der Waals surface area contributed by atoms with Gasteiger partial charge in [0.15, 0.2) is 0 Å². The maximum Gasteiger partial charge on any atom is 0.210 e. The van der Waals surface area contributed by atoms with Gasteiger partial charge in [-0.25, -0.2) is 0 Å². The lowest BCUT2D eigenvalue weighted by molar-refractivity contribution is 0.346. The van der Waals surface area contributed by atoms with Gasteiger partial charge < -0.3 is 9.61 Å². The Balaban J connectivity index is 4.18. The smallest absolute Gasteiger partial charge is 0.210 e. The molecule has 0 heterocycles. The van der Waals surface area contributed by atoms with Crippen LogP contribution in [0.2, 0.25) is 0 Å². The first-order valence-corrected chi connectivity index (χ1v) is 9.90. The Morgan fingerprint density at radius 2 is 2.20 bits per heavy atom. The standard InChI is InChI=1S/C9H20NOPS3/c1-4-6-7-11-12(14,10-8-13)15-9(3)5-2/h8-9H,4-7H2,1-3H3,(H,10,13,14).